The van der Waals surface area contributed by atoms with Crippen molar-refractivity contribution in [2.45, 2.75) is 0 Å². The van der Waals surface area contributed by atoms with E-state index in [0.29, 0.717) is 47.3 Å². The molecule has 0 aliphatic carbocycles. The maximum Gasteiger partial charge on any atom is 0.223 e. The van der Waals surface area contributed by atoms with Gasteiger partial charge < -0.3 is 45.8 Å². The minimum Gasteiger partial charge on any atom is -1.00 e. The molecule has 4 aromatic rings. The Labute approximate surface area is 183 Å². The smallest absolute Gasteiger partial charge is 0.223 e. The Kier molecular flexibility index (Phi) is 5.11. The highest BCUT2D eigenvalue weighted by Gasteiger charge is 2.30. The summed E-state index contributed by atoms with van der Waals surface area (Å²) in [5, 5.41) is 13.8. The van der Waals surface area contributed by atoms with Gasteiger partial charge in [-0.3, -0.25) is 0 Å². The molecule has 156 valence electrons. The van der Waals surface area contributed by atoms with E-state index in [2.05, 4.69) is 0 Å². The van der Waals surface area contributed by atoms with Gasteiger partial charge in [-0.25, -0.2) is 0 Å². The summed E-state index contributed by atoms with van der Waals surface area (Å²) in [7, 11) is 4.76. The molecule has 1 N–H and O–H groups in total. The SMILES string of the molecule is COc1ccc2cc3c4c(OC)c5c(c(OC)c4cc[n+]3cc2c1O)OCCO5.[Br-]. The highest BCUT2D eigenvalue weighted by molar-refractivity contribution is 6.07. The standard InChI is InChI=1S/C22H19NO6.BrH/c1-25-16-5-4-12-10-15-17-13(6-7-23(15)11-14(12)18(16)24)19(26-2)21-22(20(17)27-3)29-9-8-28-21;/h4-7,10-11H,8-9H2,1-3H3;1H. The molecule has 0 spiro atoms. The van der Waals surface area contributed by atoms with Crippen molar-refractivity contribution in [3.8, 4) is 34.5 Å². The quantitative estimate of drug-likeness (QED) is 0.261. The highest BCUT2D eigenvalue weighted by atomic mass is 79.9. The summed E-state index contributed by atoms with van der Waals surface area (Å²) in [5.41, 5.74) is 0.881. The normalized spacial score (nSPS) is 12.6. The molecule has 7 nitrogen and oxygen atoms in total. The molecule has 0 amide bonds. The van der Waals surface area contributed by atoms with Gasteiger partial charge >= 0.3 is 0 Å². The van der Waals surface area contributed by atoms with Gasteiger partial charge in [0, 0.05) is 17.5 Å². The van der Waals surface area contributed by atoms with Crippen LogP contribution < -0.4 is 45.1 Å². The lowest BCUT2D eigenvalue weighted by molar-refractivity contribution is -0.509. The Balaban J connectivity index is 0.00000218. The van der Waals surface area contributed by atoms with Crippen LogP contribution in [0.15, 0.2) is 36.7 Å². The topological polar surface area (TPSA) is 70.5 Å². The number of rotatable bonds is 3. The fraction of sp³-hybridized carbons (Fsp3) is 0.227. The lowest BCUT2D eigenvalue weighted by Gasteiger charge is -2.24. The predicted molar refractivity (Wildman–Crippen MR) is 107 cm³/mol. The second-order valence-electron chi connectivity index (χ2n) is 6.71. The molecule has 8 heteroatoms. The van der Waals surface area contributed by atoms with Crippen molar-refractivity contribution in [1.82, 2.24) is 0 Å². The van der Waals surface area contributed by atoms with Crippen molar-refractivity contribution in [2.75, 3.05) is 34.5 Å². The van der Waals surface area contributed by atoms with Crippen LogP contribution >= 0.6 is 0 Å². The van der Waals surface area contributed by atoms with Crippen LogP contribution in [0, 0.1) is 0 Å². The number of halogens is 1. The number of phenolic OH excluding ortho intramolecular Hbond substituents is 1. The lowest BCUT2D eigenvalue weighted by atomic mass is 10.0. The van der Waals surface area contributed by atoms with E-state index >= 15 is 0 Å². The Morgan fingerprint density at radius 1 is 0.900 bits per heavy atom. The molecule has 0 atom stereocenters. The summed E-state index contributed by atoms with van der Waals surface area (Å²) in [6, 6.07) is 7.59. The van der Waals surface area contributed by atoms with Gasteiger partial charge in [0.25, 0.3) is 0 Å². The molecule has 2 aromatic heterocycles. The lowest BCUT2D eigenvalue weighted by Crippen LogP contribution is -3.00. The number of aromatic hydroxyl groups is 1. The fourth-order valence-electron chi connectivity index (χ4n) is 3.98. The Bertz CT molecular complexity index is 1290. The first kappa shape index (κ1) is 20.2. The van der Waals surface area contributed by atoms with Gasteiger partial charge in [-0.15, -0.1) is 0 Å². The van der Waals surface area contributed by atoms with Crippen LogP contribution in [-0.2, 0) is 0 Å². The van der Waals surface area contributed by atoms with Gasteiger partial charge in [-0.2, -0.15) is 4.40 Å². The Hall–Kier alpha value is -3.13. The molecule has 0 bridgehead atoms. The third-order valence-corrected chi connectivity index (χ3v) is 5.27. The van der Waals surface area contributed by atoms with Gasteiger partial charge in [0.15, 0.2) is 35.4 Å². The van der Waals surface area contributed by atoms with E-state index < -0.39 is 0 Å². The number of aromatic nitrogens is 1. The molecular weight excluding hydrogens is 454 g/mol. The molecule has 0 unspecified atom stereocenters. The van der Waals surface area contributed by atoms with E-state index in [1.165, 1.54) is 7.11 Å². The first-order valence-electron chi connectivity index (χ1n) is 9.19. The van der Waals surface area contributed by atoms with Gasteiger partial charge in [-0.1, -0.05) is 0 Å². The number of benzene rings is 2. The molecule has 0 radical (unpaired) electrons. The molecule has 0 saturated heterocycles. The van der Waals surface area contributed by atoms with Crippen molar-refractivity contribution in [3.05, 3.63) is 36.7 Å². The fourth-order valence-corrected chi connectivity index (χ4v) is 3.98. The number of hydrogen-bond donors (Lipinski definition) is 1. The maximum absolute atomic E-state index is 10.5. The highest BCUT2D eigenvalue weighted by Crippen LogP contribution is 2.52. The molecule has 2 aromatic carbocycles. The minimum absolute atomic E-state index is 0. The third kappa shape index (κ3) is 2.74. The number of fused-ring (bicyclic) bond motifs is 5. The van der Waals surface area contributed by atoms with Crippen molar-refractivity contribution in [3.63, 3.8) is 0 Å². The van der Waals surface area contributed by atoms with Crippen LogP contribution in [0.2, 0.25) is 0 Å². The van der Waals surface area contributed by atoms with Crippen LogP contribution in [0.3, 0.4) is 0 Å². The average Bonchev–Trinajstić information content (AvgIpc) is 2.76. The summed E-state index contributed by atoms with van der Waals surface area (Å²) in [6.07, 6.45) is 3.78. The zero-order chi connectivity index (χ0) is 20.1. The van der Waals surface area contributed by atoms with Gasteiger partial charge in [0.2, 0.25) is 17.0 Å². The zero-order valence-corrected chi connectivity index (χ0v) is 18.3. The molecule has 1 aliphatic heterocycles. The van der Waals surface area contributed by atoms with Crippen LogP contribution in [-0.4, -0.2) is 39.6 Å². The van der Waals surface area contributed by atoms with E-state index in [-0.39, 0.29) is 22.7 Å². The summed E-state index contributed by atoms with van der Waals surface area (Å²) in [5.74, 6) is 2.81. The molecule has 5 rings (SSSR count). The summed E-state index contributed by atoms with van der Waals surface area (Å²) < 4.78 is 30.3. The third-order valence-electron chi connectivity index (χ3n) is 5.27. The van der Waals surface area contributed by atoms with Crippen molar-refractivity contribution in [1.29, 1.82) is 0 Å². The number of methoxy groups -OCH3 is 3. The van der Waals surface area contributed by atoms with E-state index in [4.69, 9.17) is 23.7 Å². The maximum atomic E-state index is 10.5. The number of ether oxygens (including phenoxy) is 5. The predicted octanol–water partition coefficient (Wildman–Crippen LogP) is 0.238. The van der Waals surface area contributed by atoms with Crippen LogP contribution in [0.5, 0.6) is 34.5 Å². The second-order valence-corrected chi connectivity index (χ2v) is 6.71. The number of phenols is 1. The van der Waals surface area contributed by atoms with Crippen LogP contribution in [0.25, 0.3) is 27.1 Å². The molecule has 0 saturated carbocycles. The first-order chi connectivity index (χ1) is 14.2. The summed E-state index contributed by atoms with van der Waals surface area (Å²) >= 11 is 0. The van der Waals surface area contributed by atoms with Gasteiger partial charge in [0.1, 0.15) is 18.6 Å². The van der Waals surface area contributed by atoms with E-state index in [0.717, 1.165) is 21.7 Å². The van der Waals surface area contributed by atoms with Crippen molar-refractivity contribution < 1.29 is 50.2 Å². The Morgan fingerprint density at radius 3 is 2.27 bits per heavy atom. The van der Waals surface area contributed by atoms with E-state index in [9.17, 15) is 5.11 Å². The summed E-state index contributed by atoms with van der Waals surface area (Å²) in [4.78, 5) is 0. The number of hydrogen-bond acceptors (Lipinski definition) is 6. The van der Waals surface area contributed by atoms with Crippen molar-refractivity contribution in [2.24, 2.45) is 0 Å². The van der Waals surface area contributed by atoms with E-state index in [1.807, 2.05) is 35.0 Å². The molecule has 1 aliphatic rings. The van der Waals surface area contributed by atoms with Gasteiger partial charge in [0.05, 0.1) is 26.7 Å². The summed E-state index contributed by atoms with van der Waals surface area (Å²) in [6.45, 7) is 0.888. The van der Waals surface area contributed by atoms with E-state index in [1.54, 1.807) is 20.3 Å². The number of nitrogens with zero attached hydrogens (tertiary/aromatic N) is 1. The van der Waals surface area contributed by atoms with Crippen LogP contribution in [0.1, 0.15) is 0 Å². The largest absolute Gasteiger partial charge is 1.00 e. The monoisotopic (exact) mass is 473 g/mol. The first-order valence-corrected chi connectivity index (χ1v) is 9.19. The molecule has 0 fully saturated rings. The zero-order valence-electron chi connectivity index (χ0n) is 16.7. The number of pyridine rings is 2. The molecule has 3 heterocycles. The van der Waals surface area contributed by atoms with Crippen molar-refractivity contribution >= 4 is 27.1 Å². The molecule has 30 heavy (non-hydrogen) atoms. The van der Waals surface area contributed by atoms with Crippen LogP contribution in [0.4, 0.5) is 0 Å². The molecular formula is C22H20BrNO6. The second kappa shape index (κ2) is 7.60. The average molecular weight is 474 g/mol. The Morgan fingerprint density at radius 2 is 1.60 bits per heavy atom. The van der Waals surface area contributed by atoms with Gasteiger partial charge in [-0.05, 0) is 17.5 Å². The minimum atomic E-state index is 0.